The third-order valence-electron chi connectivity index (χ3n) is 10.4. The van der Waals surface area contributed by atoms with Gasteiger partial charge in [0.25, 0.3) is 0 Å². The zero-order valence-electron chi connectivity index (χ0n) is 39.1. The molecule has 0 aliphatic heterocycles. The van der Waals surface area contributed by atoms with Crippen LogP contribution in [0.25, 0.3) is 0 Å². The van der Waals surface area contributed by atoms with Gasteiger partial charge < -0.3 is 47.2 Å². The fraction of sp³-hybridized carbons (Fsp3) is 0.532. The molecule has 1 unspecified atom stereocenters. The predicted molar refractivity (Wildman–Crippen MR) is 249 cm³/mol. The molecule has 67 heavy (non-hydrogen) atoms. The number of aldehydes is 1. The largest absolute Gasteiger partial charge is 0.481 e. The van der Waals surface area contributed by atoms with E-state index in [1.165, 1.54) is 11.8 Å². The van der Waals surface area contributed by atoms with Gasteiger partial charge in [-0.15, -0.1) is 11.8 Å². The maximum atomic E-state index is 14.4. The Kier molecular flexibility index (Phi) is 23.2. The molecule has 9 N–H and O–H groups in total. The Balaban J connectivity index is 2.41. The molecule has 0 spiro atoms. The number of benzene rings is 2. The van der Waals surface area contributed by atoms with Crippen molar-refractivity contribution in [3.63, 3.8) is 0 Å². The van der Waals surface area contributed by atoms with Crippen LogP contribution in [0.2, 0.25) is 0 Å². The molecule has 0 bridgehead atoms. The molecular weight excluding hydrogens is 889 g/mol. The summed E-state index contributed by atoms with van der Waals surface area (Å²) in [7, 11) is 0. The van der Waals surface area contributed by atoms with Gasteiger partial charge in [-0.3, -0.25) is 47.9 Å². The lowest BCUT2D eigenvalue weighted by Crippen LogP contribution is -2.62. The summed E-state index contributed by atoms with van der Waals surface area (Å²) in [5, 5.41) is 43.1. The average molecular weight is 955 g/mol. The zero-order chi connectivity index (χ0) is 50.5. The smallest absolute Gasteiger partial charge is 0.305 e. The molecule has 0 radical (unpaired) electrons. The van der Waals surface area contributed by atoms with Crippen molar-refractivity contribution in [2.24, 2.45) is 11.3 Å². The van der Waals surface area contributed by atoms with Gasteiger partial charge in [0.1, 0.15) is 35.1 Å². The van der Waals surface area contributed by atoms with Gasteiger partial charge in [-0.2, -0.15) is 0 Å². The highest BCUT2D eigenvalue weighted by Crippen LogP contribution is 2.24. The number of hydrogen-bond donors (Lipinski definition) is 9. The number of aryl methyl sites for hydroxylation is 2. The maximum Gasteiger partial charge on any atom is 0.305 e. The number of hydrogen-bond acceptors (Lipinski definition) is 11. The quantitative estimate of drug-likeness (QED) is 0.0322. The van der Waals surface area contributed by atoms with Gasteiger partial charge in [-0.25, -0.2) is 0 Å². The van der Waals surface area contributed by atoms with E-state index in [9.17, 15) is 58.2 Å². The van der Waals surface area contributed by atoms with Gasteiger partial charge in [0.05, 0.1) is 12.8 Å². The van der Waals surface area contributed by atoms with E-state index >= 15 is 0 Å². The van der Waals surface area contributed by atoms with E-state index in [1.54, 1.807) is 58.9 Å². The Labute approximate surface area is 395 Å². The molecule has 0 heterocycles. The fourth-order valence-electron chi connectivity index (χ4n) is 6.73. The summed E-state index contributed by atoms with van der Waals surface area (Å²) in [4.78, 5) is 128. The number of thioether (sulfide) groups is 1. The summed E-state index contributed by atoms with van der Waals surface area (Å²) in [6.07, 6.45) is -1.24. The molecule has 0 saturated heterocycles. The van der Waals surface area contributed by atoms with Crippen LogP contribution < -0.4 is 31.9 Å². The summed E-state index contributed by atoms with van der Waals surface area (Å²) < 4.78 is 0. The lowest BCUT2D eigenvalue weighted by atomic mass is 9.85. The standard InChI is InChI=1S/C47H66N6O13S/c1-28(2)24-33(44(65)53-47(7,27-54)67-23-13-17-30-15-9-8-10-16-30)51-45(66)40(46(4,5)6)52-43(64)34(25-31-18-12-11-14-29(31)3)50-41(62)32(19-21-37(56)57)49-42(63)35(26-39(60)61)48-36(55)20-22-38(58)59/h8-12,14-16,18,27-28,32-35,40H,13,17,19-26H2,1-7H3,(H,48,55)(H,49,63)(H,50,62)(H,51,66)(H,52,64)(H,53,65)(H,56,57)(H,58,59)(H,60,61)/t32-,33-,34-,35-,40+,47?/m0/s1. The second-order valence-corrected chi connectivity index (χ2v) is 19.5. The molecule has 2 rings (SSSR count). The Morgan fingerprint density at radius 3 is 1.78 bits per heavy atom. The van der Waals surface area contributed by atoms with Gasteiger partial charge in [-0.1, -0.05) is 89.2 Å². The summed E-state index contributed by atoms with van der Waals surface area (Å²) in [6, 6.07) is 9.32. The molecule has 20 heteroatoms. The Hall–Kier alpha value is -6.31. The topological polar surface area (TPSA) is 304 Å². The number of carboxylic acids is 3. The molecule has 0 aliphatic carbocycles. The second kappa shape index (κ2) is 27.4. The summed E-state index contributed by atoms with van der Waals surface area (Å²) in [5.41, 5.74) is 1.46. The minimum Gasteiger partial charge on any atom is -0.481 e. The molecule has 6 amide bonds. The van der Waals surface area contributed by atoms with Gasteiger partial charge in [0.15, 0.2) is 6.29 Å². The number of rotatable bonds is 29. The molecule has 2 aromatic carbocycles. The van der Waals surface area contributed by atoms with E-state index in [1.807, 2.05) is 44.2 Å². The monoisotopic (exact) mass is 954 g/mol. The third-order valence-corrected chi connectivity index (χ3v) is 11.7. The van der Waals surface area contributed by atoms with Crippen LogP contribution in [0.4, 0.5) is 0 Å². The van der Waals surface area contributed by atoms with Crippen molar-refractivity contribution in [1.29, 1.82) is 0 Å². The minimum absolute atomic E-state index is 0.101. The highest BCUT2D eigenvalue weighted by molar-refractivity contribution is 8.01. The van der Waals surface area contributed by atoms with Crippen LogP contribution in [0, 0.1) is 18.3 Å². The van der Waals surface area contributed by atoms with Crippen molar-refractivity contribution in [1.82, 2.24) is 31.9 Å². The number of carbonyl (C=O) groups is 10. The predicted octanol–water partition coefficient (Wildman–Crippen LogP) is 2.66. The van der Waals surface area contributed by atoms with E-state index in [2.05, 4.69) is 31.9 Å². The van der Waals surface area contributed by atoms with Crippen molar-refractivity contribution in [3.8, 4) is 0 Å². The SMILES string of the molecule is Cc1ccccc1C[C@H](NC(=O)[C@H](CCC(=O)O)NC(=O)[C@H](CC(=O)O)NC(=O)CCC(=O)O)C(=O)N[C@H](C(=O)N[C@@H](CC(C)C)C(=O)NC(C)(C=O)SCCCc1ccccc1)C(C)(C)C. The highest BCUT2D eigenvalue weighted by Gasteiger charge is 2.39. The lowest BCUT2D eigenvalue weighted by molar-refractivity contribution is -0.142. The molecule has 368 valence electrons. The van der Waals surface area contributed by atoms with Gasteiger partial charge in [-0.05, 0) is 73.3 Å². The summed E-state index contributed by atoms with van der Waals surface area (Å²) in [6.45, 7) is 12.1. The first kappa shape index (κ1) is 56.8. The summed E-state index contributed by atoms with van der Waals surface area (Å²) >= 11 is 1.26. The second-order valence-electron chi connectivity index (χ2n) is 17.9. The first-order valence-corrected chi connectivity index (χ1v) is 23.0. The van der Waals surface area contributed by atoms with Gasteiger partial charge in [0, 0.05) is 19.3 Å². The number of amides is 6. The van der Waals surface area contributed by atoms with Crippen LogP contribution in [0.15, 0.2) is 54.6 Å². The maximum absolute atomic E-state index is 14.4. The van der Waals surface area contributed by atoms with Crippen molar-refractivity contribution >= 4 is 71.4 Å². The first-order chi connectivity index (χ1) is 31.3. The molecule has 0 fully saturated rings. The van der Waals surface area contributed by atoms with Crippen molar-refractivity contribution in [2.75, 3.05) is 5.75 Å². The first-order valence-electron chi connectivity index (χ1n) is 22.0. The molecule has 6 atom stereocenters. The highest BCUT2D eigenvalue weighted by atomic mass is 32.2. The molecule has 2 aromatic rings. The number of aliphatic carboxylic acids is 3. The van der Waals surface area contributed by atoms with Gasteiger partial charge in [0.2, 0.25) is 35.4 Å². The number of carboxylic acid groups (broad SMARTS) is 3. The number of nitrogens with one attached hydrogen (secondary N) is 6. The van der Waals surface area contributed by atoms with Crippen LogP contribution in [0.1, 0.15) is 103 Å². The molecular formula is C47H66N6O13S. The molecule has 0 aromatic heterocycles. The average Bonchev–Trinajstić information content (AvgIpc) is 3.24. The van der Waals surface area contributed by atoms with Gasteiger partial charge >= 0.3 is 17.9 Å². The van der Waals surface area contributed by atoms with Crippen LogP contribution in [0.5, 0.6) is 0 Å². The molecule has 19 nitrogen and oxygen atoms in total. The zero-order valence-corrected chi connectivity index (χ0v) is 40.0. The van der Waals surface area contributed by atoms with Crippen LogP contribution >= 0.6 is 11.8 Å². The lowest BCUT2D eigenvalue weighted by Gasteiger charge is -2.34. The van der Waals surface area contributed by atoms with Crippen LogP contribution in [-0.2, 0) is 60.8 Å². The number of carbonyl (C=O) groups excluding carboxylic acids is 7. The Bertz CT molecular complexity index is 2060. The summed E-state index contributed by atoms with van der Waals surface area (Å²) in [5.74, 6) is -9.21. The Morgan fingerprint density at radius 1 is 0.642 bits per heavy atom. The van der Waals surface area contributed by atoms with Crippen molar-refractivity contribution < 1.29 is 63.3 Å². The third kappa shape index (κ3) is 21.2. The van der Waals surface area contributed by atoms with E-state index in [-0.39, 0.29) is 18.8 Å². The van der Waals surface area contributed by atoms with Crippen molar-refractivity contribution in [2.45, 2.75) is 141 Å². The van der Waals surface area contributed by atoms with E-state index < -0.39 is 126 Å². The fourth-order valence-corrected chi connectivity index (χ4v) is 7.69. The Morgan fingerprint density at radius 2 is 1.21 bits per heavy atom. The molecule has 0 saturated carbocycles. The van der Waals surface area contributed by atoms with E-state index in [4.69, 9.17) is 5.11 Å². The van der Waals surface area contributed by atoms with Crippen molar-refractivity contribution in [3.05, 3.63) is 71.3 Å². The van der Waals surface area contributed by atoms with E-state index in [0.717, 1.165) is 24.0 Å². The normalized spacial score (nSPS) is 14.4. The molecule has 0 aliphatic rings. The minimum atomic E-state index is -1.80. The van der Waals surface area contributed by atoms with Crippen LogP contribution in [-0.4, -0.2) is 116 Å². The van der Waals surface area contributed by atoms with Crippen LogP contribution in [0.3, 0.4) is 0 Å². The van der Waals surface area contributed by atoms with E-state index in [0.29, 0.717) is 17.6 Å².